The van der Waals surface area contributed by atoms with Crippen LogP contribution in [0, 0.1) is 0 Å². The van der Waals surface area contributed by atoms with Gasteiger partial charge in [-0.3, -0.25) is 10.1 Å². The lowest BCUT2D eigenvalue weighted by Crippen LogP contribution is -2.39. The summed E-state index contributed by atoms with van der Waals surface area (Å²) in [5.41, 5.74) is 0. The number of aromatic nitrogens is 2. The molecule has 3 heterocycles. The van der Waals surface area contributed by atoms with E-state index >= 15 is 0 Å². The second kappa shape index (κ2) is 8.08. The number of imide groups is 1. The number of nitrogens with one attached hydrogen (secondary N) is 2. The normalized spacial score (nSPS) is 10.5. The van der Waals surface area contributed by atoms with E-state index in [0.717, 1.165) is 21.5 Å². The molecule has 0 radical (unpaired) electrons. The topological polar surface area (TPSA) is 97.1 Å². The van der Waals surface area contributed by atoms with Gasteiger partial charge in [-0.2, -0.15) is 0 Å². The van der Waals surface area contributed by atoms with Gasteiger partial charge in [0.25, 0.3) is 11.1 Å². The number of carbonyl (C=O) groups is 2. The van der Waals surface area contributed by atoms with Crippen molar-refractivity contribution in [2.45, 2.75) is 11.8 Å². The molecule has 0 atom stereocenters. The third kappa shape index (κ3) is 4.66. The van der Waals surface area contributed by atoms with Crippen molar-refractivity contribution in [3.63, 3.8) is 0 Å². The van der Waals surface area contributed by atoms with Gasteiger partial charge in [0.05, 0.1) is 17.2 Å². The van der Waals surface area contributed by atoms with Gasteiger partial charge in [-0.15, -0.1) is 32.9 Å². The minimum atomic E-state index is -0.529. The van der Waals surface area contributed by atoms with Crippen molar-refractivity contribution in [3.05, 3.63) is 39.9 Å². The minimum absolute atomic E-state index is 0.0124. The summed E-state index contributed by atoms with van der Waals surface area (Å²) in [7, 11) is 0. The zero-order valence-corrected chi connectivity index (χ0v) is 14.7. The molecular formula is C14H12N4O3S3. The highest BCUT2D eigenvalue weighted by Gasteiger charge is 2.13. The van der Waals surface area contributed by atoms with Crippen molar-refractivity contribution >= 4 is 46.4 Å². The number of thioether (sulfide) groups is 1. The van der Waals surface area contributed by atoms with Crippen LogP contribution < -0.4 is 10.6 Å². The molecule has 0 saturated heterocycles. The zero-order valence-electron chi connectivity index (χ0n) is 12.2. The number of urea groups is 1. The van der Waals surface area contributed by atoms with Gasteiger partial charge in [-0.05, 0) is 22.9 Å². The standard InChI is InChI=1S/C14H12N4O3S3/c19-11(16-13(20)15-7-9-3-1-5-22-9)8-24-14-18-17-12(21-14)10-4-2-6-23-10/h1-6H,7-8H2,(H2,15,16,19,20). The van der Waals surface area contributed by atoms with Crippen molar-refractivity contribution in [1.82, 2.24) is 20.8 Å². The van der Waals surface area contributed by atoms with Crippen LogP contribution in [0.2, 0.25) is 0 Å². The zero-order chi connectivity index (χ0) is 16.8. The van der Waals surface area contributed by atoms with Gasteiger partial charge in [0.15, 0.2) is 0 Å². The molecular weight excluding hydrogens is 368 g/mol. The predicted octanol–water partition coefficient (Wildman–Crippen LogP) is 2.98. The van der Waals surface area contributed by atoms with E-state index in [-0.39, 0.29) is 11.0 Å². The Morgan fingerprint density at radius 3 is 2.75 bits per heavy atom. The summed E-state index contributed by atoms with van der Waals surface area (Å²) in [6, 6.07) is 7.04. The first-order chi connectivity index (χ1) is 11.7. The molecule has 3 rings (SSSR count). The van der Waals surface area contributed by atoms with Crippen LogP contribution in [0.15, 0.2) is 44.7 Å². The van der Waals surface area contributed by atoms with E-state index in [1.54, 1.807) is 0 Å². The van der Waals surface area contributed by atoms with Crippen LogP contribution in [-0.4, -0.2) is 27.9 Å². The predicted molar refractivity (Wildman–Crippen MR) is 93.0 cm³/mol. The van der Waals surface area contributed by atoms with Crippen molar-refractivity contribution in [1.29, 1.82) is 0 Å². The largest absolute Gasteiger partial charge is 0.410 e. The molecule has 3 amide bonds. The molecule has 0 aliphatic rings. The summed E-state index contributed by atoms with van der Waals surface area (Å²) >= 11 is 4.10. The number of amides is 3. The highest BCUT2D eigenvalue weighted by molar-refractivity contribution is 7.99. The van der Waals surface area contributed by atoms with E-state index in [1.165, 1.54) is 22.7 Å². The highest BCUT2D eigenvalue weighted by Crippen LogP contribution is 2.26. The molecule has 0 aliphatic heterocycles. The average molecular weight is 380 g/mol. The molecule has 0 aliphatic carbocycles. The fourth-order valence-corrected chi connectivity index (χ4v) is 3.53. The van der Waals surface area contributed by atoms with Crippen LogP contribution in [0.3, 0.4) is 0 Å². The van der Waals surface area contributed by atoms with Gasteiger partial charge in [-0.1, -0.05) is 23.9 Å². The molecule has 0 saturated carbocycles. The molecule has 3 aromatic heterocycles. The van der Waals surface area contributed by atoms with Crippen molar-refractivity contribution in [2.75, 3.05) is 5.75 Å². The van der Waals surface area contributed by atoms with Gasteiger partial charge in [0.1, 0.15) is 0 Å². The van der Waals surface area contributed by atoms with E-state index < -0.39 is 11.9 Å². The Hall–Kier alpha value is -2.17. The quantitative estimate of drug-likeness (QED) is 0.638. The summed E-state index contributed by atoms with van der Waals surface area (Å²) < 4.78 is 5.45. The summed E-state index contributed by atoms with van der Waals surface area (Å²) in [5, 5.41) is 16.8. The molecule has 124 valence electrons. The van der Waals surface area contributed by atoms with Crippen LogP contribution in [-0.2, 0) is 11.3 Å². The van der Waals surface area contributed by atoms with Gasteiger partial charge in [0.2, 0.25) is 5.91 Å². The Morgan fingerprint density at radius 1 is 1.17 bits per heavy atom. The Bertz CT molecular complexity index is 799. The first-order valence-electron chi connectivity index (χ1n) is 6.81. The van der Waals surface area contributed by atoms with Crippen LogP contribution in [0.25, 0.3) is 10.8 Å². The molecule has 10 heteroatoms. The van der Waals surface area contributed by atoms with Crippen molar-refractivity contribution in [2.24, 2.45) is 0 Å². The smallest absolute Gasteiger partial charge is 0.321 e. The average Bonchev–Trinajstić information content (AvgIpc) is 3.33. The molecule has 0 bridgehead atoms. The van der Waals surface area contributed by atoms with E-state index in [2.05, 4.69) is 20.8 Å². The highest BCUT2D eigenvalue weighted by atomic mass is 32.2. The van der Waals surface area contributed by atoms with Crippen LogP contribution in [0.1, 0.15) is 4.88 Å². The maximum atomic E-state index is 11.7. The number of nitrogens with zero attached hydrogens (tertiary/aromatic N) is 2. The van der Waals surface area contributed by atoms with Gasteiger partial charge >= 0.3 is 6.03 Å². The van der Waals surface area contributed by atoms with E-state index in [0.29, 0.717) is 12.4 Å². The van der Waals surface area contributed by atoms with Crippen LogP contribution in [0.5, 0.6) is 0 Å². The number of thiophene rings is 2. The summed E-state index contributed by atoms with van der Waals surface area (Å²) in [6.45, 7) is 0.387. The monoisotopic (exact) mass is 380 g/mol. The molecule has 3 aromatic rings. The lowest BCUT2D eigenvalue weighted by Gasteiger charge is -2.04. The SMILES string of the molecule is O=C(CSc1nnc(-c2cccs2)o1)NC(=O)NCc1cccs1. The Labute approximate surface area is 149 Å². The third-order valence-corrected chi connectivity index (χ3v) is 5.27. The molecule has 0 fully saturated rings. The van der Waals surface area contributed by atoms with Crippen LogP contribution in [0.4, 0.5) is 4.79 Å². The second-order valence-corrected chi connectivity index (χ2v) is 7.36. The molecule has 0 aromatic carbocycles. The number of carbonyl (C=O) groups excluding carboxylic acids is 2. The number of rotatable bonds is 6. The number of hydrogen-bond donors (Lipinski definition) is 2. The second-order valence-electron chi connectivity index (χ2n) is 4.45. The summed E-state index contributed by atoms with van der Waals surface area (Å²) in [5.74, 6) is -0.000425. The van der Waals surface area contributed by atoms with Gasteiger partial charge < -0.3 is 9.73 Å². The fraction of sp³-hybridized carbons (Fsp3) is 0.143. The lowest BCUT2D eigenvalue weighted by molar-refractivity contribution is -0.117. The molecule has 0 spiro atoms. The maximum absolute atomic E-state index is 11.7. The Balaban J connectivity index is 1.41. The molecule has 7 nitrogen and oxygen atoms in total. The van der Waals surface area contributed by atoms with E-state index in [9.17, 15) is 9.59 Å². The van der Waals surface area contributed by atoms with E-state index in [4.69, 9.17) is 4.42 Å². The molecule has 2 N–H and O–H groups in total. The van der Waals surface area contributed by atoms with Gasteiger partial charge in [-0.25, -0.2) is 4.79 Å². The van der Waals surface area contributed by atoms with Gasteiger partial charge in [0, 0.05) is 4.88 Å². The lowest BCUT2D eigenvalue weighted by atomic mass is 10.5. The van der Waals surface area contributed by atoms with E-state index in [1.807, 2.05) is 35.0 Å². The summed E-state index contributed by atoms with van der Waals surface area (Å²) in [4.78, 5) is 25.2. The Kier molecular flexibility index (Phi) is 5.62. The molecule has 24 heavy (non-hydrogen) atoms. The first-order valence-corrected chi connectivity index (χ1v) is 9.55. The van der Waals surface area contributed by atoms with Crippen molar-refractivity contribution in [3.8, 4) is 10.8 Å². The van der Waals surface area contributed by atoms with Crippen molar-refractivity contribution < 1.29 is 14.0 Å². The minimum Gasteiger partial charge on any atom is -0.410 e. The number of hydrogen-bond acceptors (Lipinski definition) is 8. The van der Waals surface area contributed by atoms with Crippen LogP contribution >= 0.6 is 34.4 Å². The first kappa shape index (κ1) is 16.7. The third-order valence-electron chi connectivity index (χ3n) is 2.72. The molecule has 0 unspecified atom stereocenters. The summed E-state index contributed by atoms with van der Waals surface area (Å²) in [6.07, 6.45) is 0. The maximum Gasteiger partial charge on any atom is 0.321 e. The fourth-order valence-electron chi connectivity index (χ4n) is 1.68. The Morgan fingerprint density at radius 2 is 2.00 bits per heavy atom.